The zero-order valence-corrected chi connectivity index (χ0v) is 12.6. The number of thiophene rings is 1. The Hall–Kier alpha value is -1.57. The minimum Gasteiger partial charge on any atom is -0.495 e. The number of sulfonamides is 1. The van der Waals surface area contributed by atoms with Gasteiger partial charge < -0.3 is 10.5 Å². The summed E-state index contributed by atoms with van der Waals surface area (Å²) < 4.78 is 32.1. The van der Waals surface area contributed by atoms with Gasteiger partial charge in [0.2, 0.25) is 10.0 Å². The lowest BCUT2D eigenvalue weighted by Gasteiger charge is -2.11. The van der Waals surface area contributed by atoms with Crippen molar-refractivity contribution in [3.05, 3.63) is 40.6 Å². The third kappa shape index (κ3) is 3.50. The first-order valence-corrected chi connectivity index (χ1v) is 8.40. The monoisotopic (exact) mass is 312 g/mol. The summed E-state index contributed by atoms with van der Waals surface area (Å²) in [6.45, 7) is 0.340. The second kappa shape index (κ2) is 6.25. The van der Waals surface area contributed by atoms with Crippen LogP contribution < -0.4 is 15.2 Å². The van der Waals surface area contributed by atoms with Crippen LogP contribution in [-0.4, -0.2) is 22.1 Å². The predicted molar refractivity (Wildman–Crippen MR) is 80.6 cm³/mol. The molecule has 20 heavy (non-hydrogen) atoms. The SMILES string of the molecule is COc1cc(N)ccc1S(=O)(=O)NCCc1ccsc1. The van der Waals surface area contributed by atoms with Crippen molar-refractivity contribution in [2.75, 3.05) is 19.4 Å². The van der Waals surface area contributed by atoms with Gasteiger partial charge in [-0.2, -0.15) is 11.3 Å². The van der Waals surface area contributed by atoms with Crippen LogP contribution in [-0.2, 0) is 16.4 Å². The molecule has 108 valence electrons. The van der Waals surface area contributed by atoms with E-state index < -0.39 is 10.0 Å². The molecule has 0 atom stereocenters. The summed E-state index contributed by atoms with van der Waals surface area (Å²) in [5.74, 6) is 0.244. The Kier molecular flexibility index (Phi) is 4.64. The third-order valence-corrected chi connectivity index (χ3v) is 5.00. The van der Waals surface area contributed by atoms with Gasteiger partial charge in [-0.15, -0.1) is 0 Å². The van der Waals surface area contributed by atoms with Gasteiger partial charge in [-0.1, -0.05) is 0 Å². The van der Waals surface area contributed by atoms with Crippen molar-refractivity contribution in [3.63, 3.8) is 0 Å². The van der Waals surface area contributed by atoms with Crippen molar-refractivity contribution in [3.8, 4) is 5.75 Å². The Morgan fingerprint density at radius 2 is 2.15 bits per heavy atom. The van der Waals surface area contributed by atoms with E-state index in [0.717, 1.165) is 5.56 Å². The van der Waals surface area contributed by atoms with E-state index in [1.54, 1.807) is 11.3 Å². The number of benzene rings is 1. The number of nitrogens with one attached hydrogen (secondary N) is 1. The number of hydrogen-bond acceptors (Lipinski definition) is 5. The summed E-state index contributed by atoms with van der Waals surface area (Å²) >= 11 is 1.59. The maximum absolute atomic E-state index is 12.2. The number of hydrogen-bond donors (Lipinski definition) is 2. The lowest BCUT2D eigenvalue weighted by Crippen LogP contribution is -2.26. The topological polar surface area (TPSA) is 81.4 Å². The van der Waals surface area contributed by atoms with Crippen LogP contribution in [0.1, 0.15) is 5.56 Å². The van der Waals surface area contributed by atoms with Crippen LogP contribution in [0.3, 0.4) is 0 Å². The third-order valence-electron chi connectivity index (χ3n) is 2.76. The molecule has 2 aromatic rings. The average Bonchev–Trinajstić information content (AvgIpc) is 2.91. The summed E-state index contributed by atoms with van der Waals surface area (Å²) in [6.07, 6.45) is 0.653. The van der Waals surface area contributed by atoms with Crippen LogP contribution in [0.25, 0.3) is 0 Å². The minimum atomic E-state index is -3.60. The van der Waals surface area contributed by atoms with Crippen molar-refractivity contribution >= 4 is 27.0 Å². The van der Waals surface area contributed by atoms with Crippen molar-refractivity contribution < 1.29 is 13.2 Å². The fraction of sp³-hybridized carbons (Fsp3) is 0.231. The highest BCUT2D eigenvalue weighted by atomic mass is 32.2. The summed E-state index contributed by atoms with van der Waals surface area (Å²) in [4.78, 5) is 0.0968. The van der Waals surface area contributed by atoms with Crippen molar-refractivity contribution in [2.24, 2.45) is 0 Å². The van der Waals surface area contributed by atoms with Crippen LogP contribution >= 0.6 is 11.3 Å². The molecule has 5 nitrogen and oxygen atoms in total. The number of ether oxygens (including phenoxy) is 1. The van der Waals surface area contributed by atoms with E-state index in [9.17, 15) is 8.42 Å². The second-order valence-corrected chi connectivity index (χ2v) is 6.71. The molecule has 0 saturated carbocycles. The average molecular weight is 312 g/mol. The Bertz CT molecular complexity index is 667. The fourth-order valence-electron chi connectivity index (χ4n) is 1.75. The van der Waals surface area contributed by atoms with E-state index in [4.69, 9.17) is 10.5 Å². The predicted octanol–water partition coefficient (Wildman–Crippen LogP) is 1.86. The highest BCUT2D eigenvalue weighted by Crippen LogP contribution is 2.25. The van der Waals surface area contributed by atoms with E-state index in [-0.39, 0.29) is 10.6 Å². The van der Waals surface area contributed by atoms with E-state index in [0.29, 0.717) is 18.7 Å². The molecule has 0 spiro atoms. The molecule has 0 bridgehead atoms. The van der Waals surface area contributed by atoms with Gasteiger partial charge in [0.1, 0.15) is 10.6 Å². The molecule has 3 N–H and O–H groups in total. The molecule has 0 aliphatic rings. The number of nitrogens with two attached hydrogens (primary N) is 1. The molecule has 0 aliphatic heterocycles. The Morgan fingerprint density at radius 1 is 1.35 bits per heavy atom. The van der Waals surface area contributed by atoms with E-state index in [1.165, 1.54) is 25.3 Å². The highest BCUT2D eigenvalue weighted by molar-refractivity contribution is 7.89. The van der Waals surface area contributed by atoms with E-state index in [2.05, 4.69) is 4.72 Å². The van der Waals surface area contributed by atoms with Crippen LogP contribution in [0, 0.1) is 0 Å². The lowest BCUT2D eigenvalue weighted by molar-refractivity contribution is 0.402. The van der Waals surface area contributed by atoms with Gasteiger partial charge in [-0.3, -0.25) is 0 Å². The Balaban J connectivity index is 2.10. The van der Waals surface area contributed by atoms with Gasteiger partial charge >= 0.3 is 0 Å². The summed E-state index contributed by atoms with van der Waals surface area (Å²) in [6, 6.07) is 6.45. The molecule has 1 heterocycles. The molecule has 7 heteroatoms. The molecule has 1 aromatic heterocycles. The maximum Gasteiger partial charge on any atom is 0.244 e. The minimum absolute atomic E-state index is 0.0968. The zero-order chi connectivity index (χ0) is 14.6. The summed E-state index contributed by atoms with van der Waals surface area (Å²) in [5, 5.41) is 3.96. The van der Waals surface area contributed by atoms with Gasteiger partial charge in [0, 0.05) is 18.3 Å². The van der Waals surface area contributed by atoms with Crippen molar-refractivity contribution in [2.45, 2.75) is 11.3 Å². The standard InChI is InChI=1S/C13H16N2O3S2/c1-18-12-8-11(14)2-3-13(12)20(16,17)15-6-4-10-5-7-19-9-10/h2-3,5,7-9,15H,4,6,14H2,1H3. The highest BCUT2D eigenvalue weighted by Gasteiger charge is 2.19. The number of rotatable bonds is 6. The number of anilines is 1. The first kappa shape index (κ1) is 14.8. The molecule has 0 radical (unpaired) electrons. The Labute approximate surface area is 122 Å². The van der Waals surface area contributed by atoms with Gasteiger partial charge in [0.05, 0.1) is 7.11 Å². The molecule has 0 saturated heterocycles. The second-order valence-electron chi connectivity index (χ2n) is 4.19. The summed E-state index contributed by atoms with van der Waals surface area (Å²) in [5.41, 5.74) is 7.19. The van der Waals surface area contributed by atoms with Gasteiger partial charge in [-0.05, 0) is 40.9 Å². The quantitative estimate of drug-likeness (QED) is 0.798. The molecule has 1 aromatic carbocycles. The molecule has 0 aliphatic carbocycles. The van der Waals surface area contributed by atoms with E-state index >= 15 is 0 Å². The maximum atomic E-state index is 12.2. The fourth-order valence-corrected chi connectivity index (χ4v) is 3.63. The van der Waals surface area contributed by atoms with Crippen LogP contribution in [0.15, 0.2) is 39.9 Å². The molecular formula is C13H16N2O3S2. The van der Waals surface area contributed by atoms with E-state index in [1.807, 2.05) is 16.8 Å². The van der Waals surface area contributed by atoms with Crippen LogP contribution in [0.5, 0.6) is 5.75 Å². The first-order valence-electron chi connectivity index (χ1n) is 5.97. The first-order chi connectivity index (χ1) is 9.53. The smallest absolute Gasteiger partial charge is 0.244 e. The lowest BCUT2D eigenvalue weighted by atomic mass is 10.2. The Morgan fingerprint density at radius 3 is 2.80 bits per heavy atom. The summed E-state index contributed by atoms with van der Waals surface area (Å²) in [7, 11) is -2.18. The van der Waals surface area contributed by atoms with Crippen molar-refractivity contribution in [1.29, 1.82) is 0 Å². The number of nitrogen functional groups attached to an aromatic ring is 1. The van der Waals surface area contributed by atoms with Gasteiger partial charge in [0.25, 0.3) is 0 Å². The molecule has 0 amide bonds. The normalized spacial score (nSPS) is 11.4. The van der Waals surface area contributed by atoms with Crippen LogP contribution in [0.4, 0.5) is 5.69 Å². The molecule has 2 rings (SSSR count). The number of methoxy groups -OCH3 is 1. The zero-order valence-electron chi connectivity index (χ0n) is 11.0. The molecular weight excluding hydrogens is 296 g/mol. The van der Waals surface area contributed by atoms with Gasteiger partial charge in [-0.25, -0.2) is 13.1 Å². The van der Waals surface area contributed by atoms with Crippen LogP contribution in [0.2, 0.25) is 0 Å². The molecule has 0 unspecified atom stereocenters. The largest absolute Gasteiger partial charge is 0.495 e. The van der Waals surface area contributed by atoms with Crippen molar-refractivity contribution in [1.82, 2.24) is 4.72 Å². The molecule has 0 fully saturated rings. The van der Waals surface area contributed by atoms with Gasteiger partial charge in [0.15, 0.2) is 0 Å².